The standard InChI is InChI=1S/C34H48O3Si/c1-5-9-10-11-12-13-14-19-29(38(35-6-2,36-7-3)37-8-4)26-25-28-24-23-27-18-17-22-32-30-20-15-16-21-31(30)34(28)33(27)32/h15-18,20-24,29H,5-14,19,25-26H2,1-4H3. The molecule has 0 amide bonds. The van der Waals surface area contributed by atoms with Crippen LogP contribution in [0.2, 0.25) is 5.54 Å². The second kappa shape index (κ2) is 14.4. The zero-order valence-corrected chi connectivity index (χ0v) is 25.2. The van der Waals surface area contributed by atoms with E-state index in [0.717, 1.165) is 19.3 Å². The number of aryl methyl sites for hydroxylation is 1. The highest BCUT2D eigenvalue weighted by atomic mass is 28.4. The lowest BCUT2D eigenvalue weighted by atomic mass is 9.94. The maximum atomic E-state index is 6.46. The van der Waals surface area contributed by atoms with Gasteiger partial charge >= 0.3 is 8.80 Å². The molecule has 3 nitrogen and oxygen atoms in total. The molecule has 1 aliphatic rings. The SMILES string of the molecule is CCCCCCCCCC(CCc1ccc2cccc3c2c1-c1ccccc1-3)[Si](OCC)(OCC)OCC. The van der Waals surface area contributed by atoms with Crippen LogP contribution in [0.25, 0.3) is 33.0 Å². The van der Waals surface area contributed by atoms with Gasteiger partial charge in [0.25, 0.3) is 0 Å². The van der Waals surface area contributed by atoms with Crippen molar-refractivity contribution < 1.29 is 13.3 Å². The molecule has 0 aliphatic heterocycles. The Morgan fingerprint density at radius 2 is 1.24 bits per heavy atom. The quantitative estimate of drug-likeness (QED) is 0.0942. The topological polar surface area (TPSA) is 27.7 Å². The second-order valence-corrected chi connectivity index (χ2v) is 13.5. The zero-order chi connectivity index (χ0) is 26.8. The van der Waals surface area contributed by atoms with Crippen LogP contribution in [-0.2, 0) is 19.7 Å². The Balaban J connectivity index is 1.58. The summed E-state index contributed by atoms with van der Waals surface area (Å²) in [5, 5.41) is 2.75. The third kappa shape index (κ3) is 6.42. The fraction of sp³-hybridized carbons (Fsp3) is 0.529. The normalized spacial score (nSPS) is 13.3. The predicted molar refractivity (Wildman–Crippen MR) is 164 cm³/mol. The maximum Gasteiger partial charge on any atom is 0.504 e. The Hall–Kier alpha value is -1.98. The third-order valence-electron chi connectivity index (χ3n) is 8.07. The molecular weight excluding hydrogens is 484 g/mol. The van der Waals surface area contributed by atoms with Crippen molar-refractivity contribution in [2.24, 2.45) is 0 Å². The van der Waals surface area contributed by atoms with Crippen LogP contribution in [0.5, 0.6) is 0 Å². The van der Waals surface area contributed by atoms with Crippen LogP contribution in [0.3, 0.4) is 0 Å². The van der Waals surface area contributed by atoms with Crippen molar-refractivity contribution >= 4 is 19.6 Å². The number of unbranched alkanes of at least 4 members (excludes halogenated alkanes) is 6. The van der Waals surface area contributed by atoms with Crippen LogP contribution in [0.15, 0.2) is 54.6 Å². The van der Waals surface area contributed by atoms with Gasteiger partial charge < -0.3 is 13.3 Å². The molecule has 0 saturated carbocycles. The first kappa shape index (κ1) is 29.0. The summed E-state index contributed by atoms with van der Waals surface area (Å²) < 4.78 is 19.4. The van der Waals surface area contributed by atoms with E-state index in [4.69, 9.17) is 13.3 Å². The Morgan fingerprint density at radius 1 is 0.605 bits per heavy atom. The maximum absolute atomic E-state index is 6.46. The molecule has 0 bridgehead atoms. The third-order valence-corrected chi connectivity index (χ3v) is 11.7. The summed E-state index contributed by atoms with van der Waals surface area (Å²) in [6.45, 7) is 10.4. The molecule has 0 aromatic heterocycles. The highest BCUT2D eigenvalue weighted by Crippen LogP contribution is 2.49. The monoisotopic (exact) mass is 532 g/mol. The van der Waals surface area contributed by atoms with Gasteiger partial charge in [0.05, 0.1) is 0 Å². The van der Waals surface area contributed by atoms with E-state index in [1.165, 1.54) is 83.5 Å². The summed E-state index contributed by atoms with van der Waals surface area (Å²) in [5.41, 5.74) is 7.29. The summed E-state index contributed by atoms with van der Waals surface area (Å²) in [6.07, 6.45) is 12.4. The van der Waals surface area contributed by atoms with Gasteiger partial charge in [0, 0.05) is 25.4 Å². The van der Waals surface area contributed by atoms with Crippen LogP contribution in [-0.4, -0.2) is 28.6 Å². The van der Waals surface area contributed by atoms with Gasteiger partial charge in [-0.25, -0.2) is 0 Å². The molecular formula is C34H48O3Si. The van der Waals surface area contributed by atoms with Gasteiger partial charge in [0.2, 0.25) is 0 Å². The highest BCUT2D eigenvalue weighted by molar-refractivity contribution is 6.62. The Labute approximate surface area is 232 Å². The van der Waals surface area contributed by atoms with Gasteiger partial charge in [0.15, 0.2) is 0 Å². The summed E-state index contributed by atoms with van der Waals surface area (Å²) in [6, 6.07) is 20.3. The largest absolute Gasteiger partial charge is 0.504 e. The number of hydrogen-bond acceptors (Lipinski definition) is 3. The number of benzene rings is 3. The molecule has 0 fully saturated rings. The molecule has 3 aromatic rings. The fourth-order valence-corrected chi connectivity index (χ4v) is 9.58. The molecule has 1 aliphatic carbocycles. The van der Waals surface area contributed by atoms with Crippen molar-refractivity contribution in [2.75, 3.05) is 19.8 Å². The minimum atomic E-state index is -2.80. The lowest BCUT2D eigenvalue weighted by molar-refractivity contribution is 0.0583. The molecule has 0 N–H and O–H groups in total. The molecule has 38 heavy (non-hydrogen) atoms. The fourth-order valence-electron chi connectivity index (χ4n) is 6.36. The van der Waals surface area contributed by atoms with Crippen LogP contribution < -0.4 is 0 Å². The van der Waals surface area contributed by atoms with Crippen molar-refractivity contribution in [3.63, 3.8) is 0 Å². The van der Waals surface area contributed by atoms with E-state index in [0.29, 0.717) is 25.4 Å². The van der Waals surface area contributed by atoms with Gasteiger partial charge in [-0.3, -0.25) is 0 Å². The second-order valence-electron chi connectivity index (χ2n) is 10.6. The van der Waals surface area contributed by atoms with Gasteiger partial charge in [0.1, 0.15) is 0 Å². The molecule has 0 heterocycles. The van der Waals surface area contributed by atoms with Gasteiger partial charge in [-0.1, -0.05) is 106 Å². The van der Waals surface area contributed by atoms with Crippen molar-refractivity contribution in [1.82, 2.24) is 0 Å². The van der Waals surface area contributed by atoms with Crippen molar-refractivity contribution in [2.45, 2.75) is 97.4 Å². The van der Waals surface area contributed by atoms with Gasteiger partial charge in [-0.05, 0) is 78.6 Å². The van der Waals surface area contributed by atoms with Gasteiger partial charge in [-0.15, -0.1) is 0 Å². The number of rotatable bonds is 18. The first-order chi connectivity index (χ1) is 18.7. The van der Waals surface area contributed by atoms with Crippen LogP contribution >= 0.6 is 0 Å². The minimum absolute atomic E-state index is 0.313. The van der Waals surface area contributed by atoms with E-state index >= 15 is 0 Å². The molecule has 206 valence electrons. The molecule has 3 aromatic carbocycles. The first-order valence-corrected chi connectivity index (χ1v) is 17.0. The Bertz CT molecular complexity index is 1140. The Kier molecular flexibility index (Phi) is 11.0. The smallest absolute Gasteiger partial charge is 0.374 e. The number of fused-ring (bicyclic) bond motifs is 3. The molecule has 1 atom stereocenters. The van der Waals surface area contributed by atoms with E-state index in [1.807, 2.05) is 0 Å². The summed E-state index contributed by atoms with van der Waals surface area (Å²) in [5.74, 6) is 0. The molecule has 4 rings (SSSR count). The van der Waals surface area contributed by atoms with Crippen LogP contribution in [0.1, 0.15) is 91.0 Å². The van der Waals surface area contributed by atoms with Crippen LogP contribution in [0.4, 0.5) is 0 Å². The van der Waals surface area contributed by atoms with Crippen LogP contribution in [0, 0.1) is 0 Å². The molecule has 0 saturated heterocycles. The Morgan fingerprint density at radius 3 is 1.92 bits per heavy atom. The first-order valence-electron chi connectivity index (χ1n) is 15.2. The van der Waals surface area contributed by atoms with Gasteiger partial charge in [-0.2, -0.15) is 0 Å². The molecule has 0 spiro atoms. The summed E-state index contributed by atoms with van der Waals surface area (Å²) in [4.78, 5) is 0. The van der Waals surface area contributed by atoms with E-state index in [9.17, 15) is 0 Å². The zero-order valence-electron chi connectivity index (χ0n) is 24.2. The lowest BCUT2D eigenvalue weighted by Crippen LogP contribution is -2.50. The average molecular weight is 533 g/mol. The van der Waals surface area contributed by atoms with Crippen molar-refractivity contribution in [3.05, 3.63) is 60.2 Å². The van der Waals surface area contributed by atoms with Crippen molar-refractivity contribution in [3.8, 4) is 22.3 Å². The molecule has 4 heteroatoms. The summed E-state index contributed by atoms with van der Waals surface area (Å²) >= 11 is 0. The average Bonchev–Trinajstić information content (AvgIpc) is 3.27. The molecule has 1 unspecified atom stereocenters. The van der Waals surface area contributed by atoms with E-state index < -0.39 is 8.80 Å². The summed E-state index contributed by atoms with van der Waals surface area (Å²) in [7, 11) is -2.80. The molecule has 0 radical (unpaired) electrons. The lowest BCUT2D eigenvalue weighted by Gasteiger charge is -2.35. The van der Waals surface area contributed by atoms with Crippen molar-refractivity contribution in [1.29, 1.82) is 0 Å². The number of hydrogen-bond donors (Lipinski definition) is 0. The predicted octanol–water partition coefficient (Wildman–Crippen LogP) is 9.98. The van der Waals surface area contributed by atoms with E-state index in [-0.39, 0.29) is 0 Å². The highest BCUT2D eigenvalue weighted by Gasteiger charge is 2.48. The minimum Gasteiger partial charge on any atom is -0.374 e. The van der Waals surface area contributed by atoms with E-state index in [1.54, 1.807) is 0 Å². The van der Waals surface area contributed by atoms with E-state index in [2.05, 4.69) is 82.3 Å².